The Morgan fingerprint density at radius 2 is 2.14 bits per heavy atom. The highest BCUT2D eigenvalue weighted by atomic mass is 16.5. The molecule has 1 aliphatic rings. The minimum Gasteiger partial charge on any atom is -0.493 e. The molecule has 1 aromatic carbocycles. The summed E-state index contributed by atoms with van der Waals surface area (Å²) in [5.74, 6) is 1.10. The van der Waals surface area contributed by atoms with Crippen molar-refractivity contribution in [2.45, 2.75) is 18.9 Å². The molecule has 0 aromatic heterocycles. The zero-order chi connectivity index (χ0) is 15.9. The fourth-order valence-corrected chi connectivity index (χ4v) is 2.50. The van der Waals surface area contributed by atoms with Crippen LogP contribution in [0.4, 0.5) is 0 Å². The van der Waals surface area contributed by atoms with Crippen LogP contribution >= 0.6 is 0 Å². The molecule has 0 saturated carbocycles. The maximum Gasteiger partial charge on any atom is 0.251 e. The summed E-state index contributed by atoms with van der Waals surface area (Å²) in [4.78, 5) is 14.6. The van der Waals surface area contributed by atoms with Crippen LogP contribution in [0.2, 0.25) is 0 Å². The first-order valence-electron chi connectivity index (χ1n) is 7.55. The van der Waals surface area contributed by atoms with Crippen molar-refractivity contribution in [3.63, 3.8) is 0 Å². The molecule has 0 unspecified atom stereocenters. The second-order valence-electron chi connectivity index (χ2n) is 5.52. The Hall–Kier alpha value is -2.01. The molecule has 1 fully saturated rings. The summed E-state index contributed by atoms with van der Waals surface area (Å²) < 4.78 is 10.8. The van der Waals surface area contributed by atoms with Gasteiger partial charge in [0.15, 0.2) is 11.5 Å². The molecular formula is C17H24N2O3. The number of benzene rings is 1. The molecule has 0 spiro atoms. The molecule has 1 N–H and O–H groups in total. The van der Waals surface area contributed by atoms with E-state index in [0.29, 0.717) is 23.7 Å². The number of nitrogens with one attached hydrogen (secondary N) is 1. The Labute approximate surface area is 131 Å². The van der Waals surface area contributed by atoms with Gasteiger partial charge >= 0.3 is 0 Å². The molecule has 5 heteroatoms. The minimum atomic E-state index is -0.0666. The standard InChI is InChI=1S/C17H24N2O3/c1-4-11-22-15-6-5-13(12-16(15)21-3)17(20)18-14-7-9-19(2)10-8-14/h4-6,12,14H,1,7-11H2,2-3H3,(H,18,20). The highest BCUT2D eigenvalue weighted by Crippen LogP contribution is 2.28. The average Bonchev–Trinajstić information content (AvgIpc) is 2.54. The van der Waals surface area contributed by atoms with Crippen LogP contribution in [0.15, 0.2) is 30.9 Å². The maximum atomic E-state index is 12.4. The largest absolute Gasteiger partial charge is 0.493 e. The molecule has 0 radical (unpaired) electrons. The van der Waals surface area contributed by atoms with E-state index in [1.54, 1.807) is 31.4 Å². The molecule has 22 heavy (non-hydrogen) atoms. The zero-order valence-electron chi connectivity index (χ0n) is 13.3. The fraction of sp³-hybridized carbons (Fsp3) is 0.471. The van der Waals surface area contributed by atoms with E-state index in [9.17, 15) is 4.79 Å². The summed E-state index contributed by atoms with van der Waals surface area (Å²) in [6.07, 6.45) is 3.64. The van der Waals surface area contributed by atoms with Gasteiger partial charge in [0.1, 0.15) is 6.61 Å². The quantitative estimate of drug-likeness (QED) is 0.818. The Balaban J connectivity index is 2.01. The first kappa shape index (κ1) is 16.4. The van der Waals surface area contributed by atoms with Gasteiger partial charge in [0, 0.05) is 11.6 Å². The van der Waals surface area contributed by atoms with Crippen LogP contribution in [0.5, 0.6) is 11.5 Å². The number of carbonyl (C=O) groups is 1. The number of hydrogen-bond acceptors (Lipinski definition) is 4. The van der Waals surface area contributed by atoms with Crippen molar-refractivity contribution in [2.75, 3.05) is 33.9 Å². The number of hydrogen-bond donors (Lipinski definition) is 1. The first-order valence-corrected chi connectivity index (χ1v) is 7.55. The van der Waals surface area contributed by atoms with E-state index in [0.717, 1.165) is 25.9 Å². The lowest BCUT2D eigenvalue weighted by molar-refractivity contribution is 0.0916. The SMILES string of the molecule is C=CCOc1ccc(C(=O)NC2CCN(C)CC2)cc1OC. The van der Waals surface area contributed by atoms with Gasteiger partial charge in [-0.2, -0.15) is 0 Å². The molecule has 0 aliphatic carbocycles. The lowest BCUT2D eigenvalue weighted by Gasteiger charge is -2.29. The normalized spacial score (nSPS) is 16.1. The van der Waals surface area contributed by atoms with Crippen molar-refractivity contribution < 1.29 is 14.3 Å². The Morgan fingerprint density at radius 1 is 1.41 bits per heavy atom. The van der Waals surface area contributed by atoms with Crippen LogP contribution in [0.3, 0.4) is 0 Å². The van der Waals surface area contributed by atoms with E-state index in [1.807, 2.05) is 0 Å². The third-order valence-electron chi connectivity index (χ3n) is 3.84. The molecule has 1 amide bonds. The van der Waals surface area contributed by atoms with Crippen LogP contribution in [0, 0.1) is 0 Å². The van der Waals surface area contributed by atoms with Crippen molar-refractivity contribution in [3.8, 4) is 11.5 Å². The van der Waals surface area contributed by atoms with E-state index in [2.05, 4.69) is 23.8 Å². The zero-order valence-corrected chi connectivity index (χ0v) is 13.3. The van der Waals surface area contributed by atoms with Crippen molar-refractivity contribution in [1.29, 1.82) is 0 Å². The summed E-state index contributed by atoms with van der Waals surface area (Å²) in [6, 6.07) is 5.46. The van der Waals surface area contributed by atoms with Crippen molar-refractivity contribution in [1.82, 2.24) is 10.2 Å². The van der Waals surface area contributed by atoms with Crippen molar-refractivity contribution >= 4 is 5.91 Å². The lowest BCUT2D eigenvalue weighted by atomic mass is 10.0. The van der Waals surface area contributed by atoms with Gasteiger partial charge in [-0.1, -0.05) is 12.7 Å². The number of carbonyl (C=O) groups excluding carboxylic acids is 1. The van der Waals surface area contributed by atoms with E-state index < -0.39 is 0 Å². The topological polar surface area (TPSA) is 50.8 Å². The number of rotatable bonds is 6. The van der Waals surface area contributed by atoms with Gasteiger partial charge in [0.05, 0.1) is 7.11 Å². The van der Waals surface area contributed by atoms with Crippen LogP contribution in [0.1, 0.15) is 23.2 Å². The summed E-state index contributed by atoms with van der Waals surface area (Å²) in [5.41, 5.74) is 0.585. The van der Waals surface area contributed by atoms with Gasteiger partial charge in [0.2, 0.25) is 0 Å². The Bertz CT molecular complexity index is 523. The number of likely N-dealkylation sites (tertiary alicyclic amines) is 1. The molecule has 0 atom stereocenters. The molecule has 5 nitrogen and oxygen atoms in total. The van der Waals surface area contributed by atoms with Crippen molar-refractivity contribution in [3.05, 3.63) is 36.4 Å². The van der Waals surface area contributed by atoms with E-state index in [-0.39, 0.29) is 11.9 Å². The summed E-state index contributed by atoms with van der Waals surface area (Å²) >= 11 is 0. The van der Waals surface area contributed by atoms with Crippen LogP contribution in [0.25, 0.3) is 0 Å². The van der Waals surface area contributed by atoms with E-state index in [4.69, 9.17) is 9.47 Å². The minimum absolute atomic E-state index is 0.0666. The van der Waals surface area contributed by atoms with E-state index >= 15 is 0 Å². The van der Waals surface area contributed by atoms with Gasteiger partial charge in [-0.05, 0) is 51.2 Å². The van der Waals surface area contributed by atoms with Crippen LogP contribution in [-0.2, 0) is 0 Å². The average molecular weight is 304 g/mol. The summed E-state index contributed by atoms with van der Waals surface area (Å²) in [7, 11) is 3.67. The molecule has 1 saturated heterocycles. The summed E-state index contributed by atoms with van der Waals surface area (Å²) in [6.45, 7) is 6.05. The number of methoxy groups -OCH3 is 1. The van der Waals surface area contributed by atoms with E-state index in [1.165, 1.54) is 0 Å². The molecule has 1 heterocycles. The number of piperidine rings is 1. The number of nitrogens with zero attached hydrogens (tertiary/aromatic N) is 1. The van der Waals surface area contributed by atoms with Crippen LogP contribution in [-0.4, -0.2) is 50.7 Å². The summed E-state index contributed by atoms with van der Waals surface area (Å²) in [5, 5.41) is 3.09. The number of amides is 1. The van der Waals surface area contributed by atoms with Crippen molar-refractivity contribution in [2.24, 2.45) is 0 Å². The predicted octanol–water partition coefficient (Wildman–Crippen LogP) is 2.08. The predicted molar refractivity (Wildman–Crippen MR) is 86.7 cm³/mol. The number of ether oxygens (including phenoxy) is 2. The fourth-order valence-electron chi connectivity index (χ4n) is 2.50. The molecule has 120 valence electrons. The van der Waals surface area contributed by atoms with Gasteiger partial charge < -0.3 is 19.7 Å². The molecule has 2 rings (SSSR count). The monoisotopic (exact) mass is 304 g/mol. The lowest BCUT2D eigenvalue weighted by Crippen LogP contribution is -2.43. The van der Waals surface area contributed by atoms with Crippen LogP contribution < -0.4 is 14.8 Å². The second kappa shape index (κ2) is 7.84. The highest BCUT2D eigenvalue weighted by molar-refractivity contribution is 5.95. The van der Waals surface area contributed by atoms with Gasteiger partial charge in [0.25, 0.3) is 5.91 Å². The third kappa shape index (κ3) is 4.24. The maximum absolute atomic E-state index is 12.4. The second-order valence-corrected chi connectivity index (χ2v) is 5.52. The smallest absolute Gasteiger partial charge is 0.251 e. The Kier molecular flexibility index (Phi) is 5.83. The van der Waals surface area contributed by atoms with Gasteiger partial charge in [-0.25, -0.2) is 0 Å². The third-order valence-corrected chi connectivity index (χ3v) is 3.84. The molecular weight excluding hydrogens is 280 g/mol. The van der Waals surface area contributed by atoms with Gasteiger partial charge in [-0.15, -0.1) is 0 Å². The highest BCUT2D eigenvalue weighted by Gasteiger charge is 2.19. The molecule has 0 bridgehead atoms. The molecule has 1 aliphatic heterocycles. The molecule has 1 aromatic rings. The first-order chi connectivity index (χ1) is 10.6. The van der Waals surface area contributed by atoms with Gasteiger partial charge in [-0.3, -0.25) is 4.79 Å². The Morgan fingerprint density at radius 3 is 2.77 bits per heavy atom.